The largest absolute Gasteiger partial charge is 0.462 e. The summed E-state index contributed by atoms with van der Waals surface area (Å²) in [5.74, 6) is 1.18. The molecule has 4 nitrogen and oxygen atoms in total. The van der Waals surface area contributed by atoms with Crippen molar-refractivity contribution < 1.29 is 19.1 Å². The summed E-state index contributed by atoms with van der Waals surface area (Å²) in [5, 5.41) is 0. The number of carbonyl (C=O) groups excluding carboxylic acids is 3. The number of carbonyl (C=O) groups is 3. The second-order valence-corrected chi connectivity index (χ2v) is 9.57. The minimum absolute atomic E-state index is 0.0861. The second-order valence-electron chi connectivity index (χ2n) is 9.57. The Kier molecular flexibility index (Phi) is 4.25. The van der Waals surface area contributed by atoms with E-state index in [1.54, 1.807) is 6.92 Å². The highest BCUT2D eigenvalue weighted by molar-refractivity contribution is 5.95. The number of fused-ring (bicyclic) bond motifs is 5. The van der Waals surface area contributed by atoms with Gasteiger partial charge in [0.25, 0.3) is 0 Å². The van der Waals surface area contributed by atoms with Gasteiger partial charge in [-0.25, -0.2) is 0 Å². The second kappa shape index (κ2) is 6.15. The van der Waals surface area contributed by atoms with Gasteiger partial charge in [0.15, 0.2) is 11.6 Å². The minimum Gasteiger partial charge on any atom is -0.462 e. The molecule has 0 N–H and O–H groups in total. The Morgan fingerprint density at radius 3 is 2.56 bits per heavy atom. The van der Waals surface area contributed by atoms with Gasteiger partial charge in [0.2, 0.25) is 0 Å². The highest BCUT2D eigenvalue weighted by Crippen LogP contribution is 2.65. The maximum atomic E-state index is 12.3. The molecule has 146 valence electrons. The summed E-state index contributed by atoms with van der Waals surface area (Å²) in [6, 6.07) is 0. The highest BCUT2D eigenvalue weighted by atomic mass is 16.5. The summed E-state index contributed by atoms with van der Waals surface area (Å²) in [7, 11) is 0. The monoisotopic (exact) mass is 370 g/mol. The van der Waals surface area contributed by atoms with E-state index in [9.17, 15) is 14.4 Å². The van der Waals surface area contributed by atoms with Crippen LogP contribution in [0.3, 0.4) is 0 Å². The van der Waals surface area contributed by atoms with Gasteiger partial charge in [0.1, 0.15) is 6.10 Å². The van der Waals surface area contributed by atoms with Crippen molar-refractivity contribution in [2.24, 2.45) is 28.6 Å². The lowest BCUT2D eigenvalue weighted by molar-refractivity contribution is -0.170. The van der Waals surface area contributed by atoms with Gasteiger partial charge in [-0.1, -0.05) is 25.5 Å². The Balaban J connectivity index is 1.78. The summed E-state index contributed by atoms with van der Waals surface area (Å²) >= 11 is 0. The first-order valence-corrected chi connectivity index (χ1v) is 10.3. The molecule has 0 aromatic rings. The molecule has 4 aliphatic rings. The fourth-order valence-electron chi connectivity index (χ4n) is 7.09. The van der Waals surface area contributed by atoms with E-state index in [-0.39, 0.29) is 40.4 Å². The molecule has 4 heteroatoms. The fourth-order valence-corrected chi connectivity index (χ4v) is 7.09. The van der Waals surface area contributed by atoms with Crippen LogP contribution in [0.4, 0.5) is 0 Å². The smallest absolute Gasteiger partial charge is 0.302 e. The van der Waals surface area contributed by atoms with Crippen molar-refractivity contribution in [3.8, 4) is 0 Å². The summed E-state index contributed by atoms with van der Waals surface area (Å²) in [4.78, 5) is 36.3. The van der Waals surface area contributed by atoms with Gasteiger partial charge in [0, 0.05) is 24.7 Å². The van der Waals surface area contributed by atoms with Crippen molar-refractivity contribution in [3.05, 3.63) is 23.3 Å². The van der Waals surface area contributed by atoms with Crippen molar-refractivity contribution in [3.63, 3.8) is 0 Å². The normalized spacial score (nSPS) is 43.0. The molecule has 0 heterocycles. The summed E-state index contributed by atoms with van der Waals surface area (Å²) in [6.07, 6.45) is 8.83. The average molecular weight is 370 g/mol. The van der Waals surface area contributed by atoms with Crippen LogP contribution in [0.15, 0.2) is 23.3 Å². The van der Waals surface area contributed by atoms with E-state index in [0.717, 1.165) is 31.3 Å². The molecule has 0 aromatic carbocycles. The SMILES string of the molecule is CC(=O)O[C@@H]1C[C@]2(C)C(C(C)=O)=CC[C@H]2[C@@H]2CCC3=CC(=O)CC[C@]3(C)[C@H]21. The van der Waals surface area contributed by atoms with Crippen LogP contribution in [-0.4, -0.2) is 23.6 Å². The Hall–Kier alpha value is -1.71. The maximum absolute atomic E-state index is 12.3. The van der Waals surface area contributed by atoms with Gasteiger partial charge in [-0.05, 0) is 67.9 Å². The van der Waals surface area contributed by atoms with Crippen molar-refractivity contribution in [2.45, 2.75) is 72.3 Å². The average Bonchev–Trinajstić information content (AvgIpc) is 2.91. The third kappa shape index (κ3) is 2.67. The summed E-state index contributed by atoms with van der Waals surface area (Å²) in [6.45, 7) is 7.60. The Labute approximate surface area is 161 Å². The molecule has 0 spiro atoms. The molecule has 2 fully saturated rings. The lowest BCUT2D eigenvalue weighted by atomic mass is 9.46. The molecule has 4 aliphatic carbocycles. The summed E-state index contributed by atoms with van der Waals surface area (Å²) in [5.41, 5.74) is 1.87. The third-order valence-electron chi connectivity index (χ3n) is 8.15. The van der Waals surface area contributed by atoms with Crippen LogP contribution in [-0.2, 0) is 19.1 Å². The molecule has 6 atom stereocenters. The van der Waals surface area contributed by atoms with Gasteiger partial charge in [-0.3, -0.25) is 14.4 Å². The summed E-state index contributed by atoms with van der Waals surface area (Å²) < 4.78 is 5.91. The predicted octanol–water partition coefficient (Wildman–Crippen LogP) is 4.19. The Bertz CT molecular complexity index is 775. The molecule has 0 unspecified atom stereocenters. The van der Waals surface area contributed by atoms with Crippen LogP contribution in [0.5, 0.6) is 0 Å². The molecular weight excluding hydrogens is 340 g/mol. The number of Topliss-reactive ketones (excluding diaryl/α,β-unsaturated/α-hetero) is 1. The topological polar surface area (TPSA) is 60.4 Å². The minimum atomic E-state index is -0.251. The van der Waals surface area contributed by atoms with Crippen LogP contribution >= 0.6 is 0 Å². The van der Waals surface area contributed by atoms with Crippen LogP contribution in [0.2, 0.25) is 0 Å². The number of hydrogen-bond donors (Lipinski definition) is 0. The van der Waals surface area contributed by atoms with Crippen LogP contribution < -0.4 is 0 Å². The molecule has 0 saturated heterocycles. The lowest BCUT2D eigenvalue weighted by Crippen LogP contribution is -2.57. The van der Waals surface area contributed by atoms with E-state index < -0.39 is 0 Å². The van der Waals surface area contributed by atoms with Gasteiger partial charge in [-0.2, -0.15) is 0 Å². The number of esters is 1. The van der Waals surface area contributed by atoms with E-state index in [2.05, 4.69) is 19.9 Å². The molecule has 4 rings (SSSR count). The zero-order chi connectivity index (χ0) is 19.6. The van der Waals surface area contributed by atoms with E-state index in [4.69, 9.17) is 4.74 Å². The third-order valence-corrected chi connectivity index (χ3v) is 8.15. The molecular formula is C23H30O4. The zero-order valence-corrected chi connectivity index (χ0v) is 16.8. The number of allylic oxidation sites excluding steroid dienone is 4. The van der Waals surface area contributed by atoms with Crippen LogP contribution in [0.1, 0.15) is 66.2 Å². The molecule has 0 aromatic heterocycles. The first kappa shape index (κ1) is 18.6. The van der Waals surface area contributed by atoms with Gasteiger partial charge < -0.3 is 4.74 Å². The van der Waals surface area contributed by atoms with Crippen molar-refractivity contribution in [2.75, 3.05) is 0 Å². The number of rotatable bonds is 2. The van der Waals surface area contributed by atoms with Crippen LogP contribution in [0.25, 0.3) is 0 Å². The van der Waals surface area contributed by atoms with Gasteiger partial charge in [0.05, 0.1) is 0 Å². The Morgan fingerprint density at radius 2 is 1.89 bits per heavy atom. The predicted molar refractivity (Wildman–Crippen MR) is 102 cm³/mol. The van der Waals surface area contributed by atoms with E-state index in [1.165, 1.54) is 12.5 Å². The molecule has 0 aliphatic heterocycles. The van der Waals surface area contributed by atoms with E-state index in [1.807, 2.05) is 6.08 Å². The van der Waals surface area contributed by atoms with Crippen molar-refractivity contribution >= 4 is 17.5 Å². The van der Waals surface area contributed by atoms with Gasteiger partial charge in [-0.15, -0.1) is 0 Å². The first-order valence-electron chi connectivity index (χ1n) is 10.3. The van der Waals surface area contributed by atoms with Gasteiger partial charge >= 0.3 is 5.97 Å². The molecule has 0 bridgehead atoms. The molecule has 27 heavy (non-hydrogen) atoms. The number of hydrogen-bond acceptors (Lipinski definition) is 4. The van der Waals surface area contributed by atoms with Crippen molar-refractivity contribution in [1.29, 1.82) is 0 Å². The lowest BCUT2D eigenvalue weighted by Gasteiger charge is -2.59. The molecule has 0 amide bonds. The van der Waals surface area contributed by atoms with Crippen LogP contribution in [0, 0.1) is 28.6 Å². The molecule has 2 saturated carbocycles. The highest BCUT2D eigenvalue weighted by Gasteiger charge is 2.61. The van der Waals surface area contributed by atoms with E-state index >= 15 is 0 Å². The fraction of sp³-hybridized carbons (Fsp3) is 0.696. The first-order chi connectivity index (χ1) is 12.7. The Morgan fingerprint density at radius 1 is 1.15 bits per heavy atom. The van der Waals surface area contributed by atoms with E-state index in [0.29, 0.717) is 24.7 Å². The number of ether oxygens (including phenoxy) is 1. The zero-order valence-electron chi connectivity index (χ0n) is 16.8. The molecule has 0 radical (unpaired) electrons. The standard InChI is InChI=1S/C23H30O4/c1-13(24)18-7-8-19-17-6-5-15-11-16(26)9-10-22(15,3)21(17)20(27-14(2)25)12-23(18,19)4/h7,11,17,19-21H,5-6,8-10,12H2,1-4H3/t17-,19-,20+,21+,22-,23+/m0/s1. The maximum Gasteiger partial charge on any atom is 0.302 e. The quantitative estimate of drug-likeness (QED) is 0.684. The number of ketones is 2. The van der Waals surface area contributed by atoms with Crippen molar-refractivity contribution in [1.82, 2.24) is 0 Å².